The van der Waals surface area contributed by atoms with Crippen molar-refractivity contribution >= 4 is 5.91 Å². The van der Waals surface area contributed by atoms with E-state index >= 15 is 0 Å². The van der Waals surface area contributed by atoms with Crippen LogP contribution in [0.3, 0.4) is 0 Å². The third-order valence-electron chi connectivity index (χ3n) is 3.66. The Morgan fingerprint density at radius 3 is 2.32 bits per heavy atom. The van der Waals surface area contributed by atoms with Crippen LogP contribution in [0.25, 0.3) is 0 Å². The molecule has 0 aromatic heterocycles. The molecule has 0 spiro atoms. The quantitative estimate of drug-likeness (QED) is 0.862. The van der Waals surface area contributed by atoms with E-state index in [0.717, 1.165) is 5.56 Å². The van der Waals surface area contributed by atoms with E-state index in [1.165, 1.54) is 12.1 Å². The minimum absolute atomic E-state index is 0.191. The predicted octanol–water partition coefficient (Wildman–Crippen LogP) is 3.79. The van der Waals surface area contributed by atoms with Gasteiger partial charge in [0.05, 0.1) is 0 Å². The zero-order valence-corrected chi connectivity index (χ0v) is 12.5. The fraction of sp³-hybridized carbons (Fsp3) is 0.562. The van der Waals surface area contributed by atoms with Crippen molar-refractivity contribution in [2.45, 2.75) is 34.6 Å². The molecule has 0 radical (unpaired) electrons. The van der Waals surface area contributed by atoms with Gasteiger partial charge in [-0.1, -0.05) is 33.8 Å². The average Bonchev–Trinajstić information content (AvgIpc) is 2.31. The summed E-state index contributed by atoms with van der Waals surface area (Å²) < 4.78 is 13.2. The van der Waals surface area contributed by atoms with Gasteiger partial charge in [-0.05, 0) is 42.4 Å². The standard InChI is InChI=1S/C16H24FNO/c1-10(2)15(11(3)4)9-18-16(19)14-8-13(17)7-6-12(14)5/h6-8,10-11,15H,9H2,1-5H3,(H,18,19). The third-order valence-corrected chi connectivity index (χ3v) is 3.66. The molecular weight excluding hydrogens is 241 g/mol. The molecule has 0 aliphatic carbocycles. The summed E-state index contributed by atoms with van der Waals surface area (Å²) in [6.45, 7) is 11.1. The molecule has 0 atom stereocenters. The van der Waals surface area contributed by atoms with Gasteiger partial charge in [0, 0.05) is 12.1 Å². The molecule has 2 nitrogen and oxygen atoms in total. The van der Waals surface area contributed by atoms with Crippen LogP contribution in [0, 0.1) is 30.5 Å². The summed E-state index contributed by atoms with van der Waals surface area (Å²) >= 11 is 0. The summed E-state index contributed by atoms with van der Waals surface area (Å²) in [6.07, 6.45) is 0. The van der Waals surface area contributed by atoms with Gasteiger partial charge in [0.15, 0.2) is 0 Å². The van der Waals surface area contributed by atoms with E-state index in [1.807, 2.05) is 6.92 Å². The Labute approximate surface area is 115 Å². The number of carbonyl (C=O) groups excluding carboxylic acids is 1. The Morgan fingerprint density at radius 2 is 1.79 bits per heavy atom. The lowest BCUT2D eigenvalue weighted by atomic mass is 9.85. The molecule has 0 saturated carbocycles. The molecular formula is C16H24FNO. The number of hydrogen-bond acceptors (Lipinski definition) is 1. The van der Waals surface area contributed by atoms with Crippen LogP contribution in [0.5, 0.6) is 0 Å². The smallest absolute Gasteiger partial charge is 0.251 e. The second-order valence-corrected chi connectivity index (χ2v) is 5.82. The van der Waals surface area contributed by atoms with Gasteiger partial charge < -0.3 is 5.32 Å². The summed E-state index contributed by atoms with van der Waals surface area (Å²) in [5.41, 5.74) is 1.22. The van der Waals surface area contributed by atoms with Gasteiger partial charge in [-0.2, -0.15) is 0 Å². The van der Waals surface area contributed by atoms with Crippen LogP contribution in [0.2, 0.25) is 0 Å². The summed E-state index contributed by atoms with van der Waals surface area (Å²) in [5, 5.41) is 2.92. The largest absolute Gasteiger partial charge is 0.352 e. The molecule has 0 bridgehead atoms. The van der Waals surface area contributed by atoms with Crippen molar-refractivity contribution in [3.05, 3.63) is 35.1 Å². The van der Waals surface area contributed by atoms with Crippen LogP contribution in [0.1, 0.15) is 43.6 Å². The maximum atomic E-state index is 13.2. The number of halogens is 1. The van der Waals surface area contributed by atoms with Gasteiger partial charge in [0.1, 0.15) is 5.82 Å². The van der Waals surface area contributed by atoms with Crippen molar-refractivity contribution in [1.29, 1.82) is 0 Å². The lowest BCUT2D eigenvalue weighted by molar-refractivity contribution is 0.0936. The Bertz CT molecular complexity index is 432. The second kappa shape index (κ2) is 6.69. The fourth-order valence-electron chi connectivity index (χ4n) is 2.39. The predicted molar refractivity (Wildman–Crippen MR) is 76.6 cm³/mol. The van der Waals surface area contributed by atoms with Gasteiger partial charge in [0.25, 0.3) is 5.91 Å². The van der Waals surface area contributed by atoms with Crippen molar-refractivity contribution in [2.24, 2.45) is 17.8 Å². The third kappa shape index (κ3) is 4.34. The van der Waals surface area contributed by atoms with Crippen LogP contribution in [-0.4, -0.2) is 12.5 Å². The highest BCUT2D eigenvalue weighted by atomic mass is 19.1. The highest BCUT2D eigenvalue weighted by Crippen LogP contribution is 2.19. The molecule has 106 valence electrons. The maximum Gasteiger partial charge on any atom is 0.251 e. The van der Waals surface area contributed by atoms with Crippen molar-refractivity contribution in [1.82, 2.24) is 5.32 Å². The van der Waals surface area contributed by atoms with Gasteiger partial charge >= 0.3 is 0 Å². The molecule has 0 aliphatic rings. The number of aryl methyl sites for hydroxylation is 1. The average molecular weight is 265 g/mol. The van der Waals surface area contributed by atoms with E-state index in [-0.39, 0.29) is 11.7 Å². The maximum absolute atomic E-state index is 13.2. The first kappa shape index (κ1) is 15.7. The first-order valence-corrected chi connectivity index (χ1v) is 6.87. The van der Waals surface area contributed by atoms with E-state index in [2.05, 4.69) is 33.0 Å². The van der Waals surface area contributed by atoms with Crippen molar-refractivity contribution in [3.63, 3.8) is 0 Å². The van der Waals surface area contributed by atoms with Crippen LogP contribution < -0.4 is 5.32 Å². The zero-order valence-electron chi connectivity index (χ0n) is 12.5. The van der Waals surface area contributed by atoms with Crippen molar-refractivity contribution in [2.75, 3.05) is 6.54 Å². The lowest BCUT2D eigenvalue weighted by Gasteiger charge is -2.25. The van der Waals surface area contributed by atoms with E-state index in [0.29, 0.717) is 29.9 Å². The first-order chi connectivity index (χ1) is 8.82. The molecule has 0 aliphatic heterocycles. The van der Waals surface area contributed by atoms with Gasteiger partial charge in [-0.25, -0.2) is 4.39 Å². The minimum atomic E-state index is -0.375. The van der Waals surface area contributed by atoms with Gasteiger partial charge in [0.2, 0.25) is 0 Å². The van der Waals surface area contributed by atoms with E-state index in [1.54, 1.807) is 6.07 Å². The number of benzene rings is 1. The molecule has 0 unspecified atom stereocenters. The highest BCUT2D eigenvalue weighted by molar-refractivity contribution is 5.95. The fourth-order valence-corrected chi connectivity index (χ4v) is 2.39. The molecule has 0 heterocycles. The summed E-state index contributed by atoms with van der Waals surface area (Å²) in [7, 11) is 0. The number of carbonyl (C=O) groups is 1. The molecule has 1 aromatic rings. The topological polar surface area (TPSA) is 29.1 Å². The van der Waals surface area contributed by atoms with E-state index in [9.17, 15) is 9.18 Å². The van der Waals surface area contributed by atoms with Crippen molar-refractivity contribution in [3.8, 4) is 0 Å². The molecule has 1 aromatic carbocycles. The van der Waals surface area contributed by atoms with Crippen LogP contribution in [-0.2, 0) is 0 Å². The molecule has 0 fully saturated rings. The molecule has 1 N–H and O–H groups in total. The number of nitrogens with one attached hydrogen (secondary N) is 1. The molecule has 1 rings (SSSR count). The highest BCUT2D eigenvalue weighted by Gasteiger charge is 2.19. The van der Waals surface area contributed by atoms with E-state index < -0.39 is 0 Å². The number of hydrogen-bond donors (Lipinski definition) is 1. The SMILES string of the molecule is Cc1ccc(F)cc1C(=O)NCC(C(C)C)C(C)C. The summed E-state index contributed by atoms with van der Waals surface area (Å²) in [5.74, 6) is 0.879. The van der Waals surface area contributed by atoms with Gasteiger partial charge in [-0.15, -0.1) is 0 Å². The van der Waals surface area contributed by atoms with Crippen LogP contribution in [0.15, 0.2) is 18.2 Å². The van der Waals surface area contributed by atoms with Crippen LogP contribution in [0.4, 0.5) is 4.39 Å². The first-order valence-electron chi connectivity index (χ1n) is 6.87. The molecule has 19 heavy (non-hydrogen) atoms. The minimum Gasteiger partial charge on any atom is -0.352 e. The van der Waals surface area contributed by atoms with Crippen molar-refractivity contribution < 1.29 is 9.18 Å². The van der Waals surface area contributed by atoms with E-state index in [4.69, 9.17) is 0 Å². The number of amides is 1. The summed E-state index contributed by atoms with van der Waals surface area (Å²) in [4.78, 5) is 12.1. The Hall–Kier alpha value is -1.38. The summed E-state index contributed by atoms with van der Waals surface area (Å²) in [6, 6.07) is 4.30. The Balaban J connectivity index is 2.72. The monoisotopic (exact) mass is 265 g/mol. The Morgan fingerprint density at radius 1 is 1.21 bits per heavy atom. The van der Waals surface area contributed by atoms with Crippen LogP contribution >= 0.6 is 0 Å². The molecule has 3 heteroatoms. The van der Waals surface area contributed by atoms with Gasteiger partial charge in [-0.3, -0.25) is 4.79 Å². The number of rotatable bonds is 5. The molecule has 0 saturated heterocycles. The lowest BCUT2D eigenvalue weighted by Crippen LogP contribution is -2.34. The molecule has 1 amide bonds. The second-order valence-electron chi connectivity index (χ2n) is 5.82. The Kier molecular flexibility index (Phi) is 5.52. The zero-order chi connectivity index (χ0) is 14.6. The normalized spacial score (nSPS) is 11.4.